The first-order valence-electron chi connectivity index (χ1n) is 8.88. The Kier molecular flexibility index (Phi) is 5.31. The summed E-state index contributed by atoms with van der Waals surface area (Å²) in [7, 11) is 0. The molecule has 1 atom stereocenters. The lowest BCUT2D eigenvalue weighted by atomic mass is 10.1. The van der Waals surface area contributed by atoms with Gasteiger partial charge in [0.25, 0.3) is 5.91 Å². The summed E-state index contributed by atoms with van der Waals surface area (Å²) < 4.78 is 27.5. The summed E-state index contributed by atoms with van der Waals surface area (Å²) in [6.45, 7) is 0. The van der Waals surface area contributed by atoms with Crippen LogP contribution >= 0.6 is 11.8 Å². The molecule has 0 radical (unpaired) electrons. The van der Waals surface area contributed by atoms with Crippen molar-refractivity contribution >= 4 is 35.0 Å². The van der Waals surface area contributed by atoms with Gasteiger partial charge >= 0.3 is 0 Å². The third-order valence-corrected chi connectivity index (χ3v) is 5.76. The number of nitrogens with one attached hydrogen (secondary N) is 1. The summed E-state index contributed by atoms with van der Waals surface area (Å²) in [4.78, 5) is 26.5. The molecular formula is C22H16F2N2O2S. The van der Waals surface area contributed by atoms with Gasteiger partial charge in [0.05, 0.1) is 11.4 Å². The highest BCUT2D eigenvalue weighted by atomic mass is 32.2. The number of anilines is 2. The maximum absolute atomic E-state index is 14.4. The molecule has 3 aromatic rings. The lowest BCUT2D eigenvalue weighted by Gasteiger charge is -2.26. The van der Waals surface area contributed by atoms with E-state index in [1.807, 2.05) is 0 Å². The lowest BCUT2D eigenvalue weighted by Crippen LogP contribution is -2.29. The normalized spacial score (nSPS) is 16.1. The number of hydrogen-bond acceptors (Lipinski definition) is 3. The van der Waals surface area contributed by atoms with Crippen molar-refractivity contribution in [1.29, 1.82) is 0 Å². The molecule has 1 heterocycles. The van der Waals surface area contributed by atoms with E-state index in [0.717, 1.165) is 0 Å². The van der Waals surface area contributed by atoms with E-state index in [4.69, 9.17) is 0 Å². The number of benzene rings is 3. The van der Waals surface area contributed by atoms with Crippen LogP contribution in [0, 0.1) is 11.6 Å². The molecule has 7 heteroatoms. The Labute approximate surface area is 170 Å². The van der Waals surface area contributed by atoms with E-state index in [9.17, 15) is 18.4 Å². The van der Waals surface area contributed by atoms with Gasteiger partial charge in [-0.2, -0.15) is 0 Å². The van der Waals surface area contributed by atoms with E-state index in [1.165, 1.54) is 47.0 Å². The van der Waals surface area contributed by atoms with Gasteiger partial charge < -0.3 is 5.32 Å². The third kappa shape index (κ3) is 3.86. The predicted octanol–water partition coefficient (Wildman–Crippen LogP) is 5.00. The van der Waals surface area contributed by atoms with Crippen molar-refractivity contribution in [2.75, 3.05) is 16.0 Å². The smallest absolute Gasteiger partial charge is 0.255 e. The largest absolute Gasteiger partial charge is 0.322 e. The molecule has 1 saturated heterocycles. The van der Waals surface area contributed by atoms with Crippen LogP contribution in [0.15, 0.2) is 72.8 Å². The van der Waals surface area contributed by atoms with Crippen molar-refractivity contribution in [1.82, 2.24) is 0 Å². The highest BCUT2D eigenvalue weighted by Crippen LogP contribution is 2.44. The number of halogens is 2. The number of nitrogens with zero attached hydrogens (tertiary/aromatic N) is 1. The van der Waals surface area contributed by atoms with Crippen LogP contribution in [0.25, 0.3) is 0 Å². The Morgan fingerprint density at radius 1 is 0.966 bits per heavy atom. The monoisotopic (exact) mass is 410 g/mol. The molecule has 0 spiro atoms. The first-order valence-corrected chi connectivity index (χ1v) is 9.93. The van der Waals surface area contributed by atoms with E-state index in [-0.39, 0.29) is 17.3 Å². The molecule has 0 saturated carbocycles. The molecule has 4 nitrogen and oxygen atoms in total. The fourth-order valence-corrected chi connectivity index (χ4v) is 4.39. The summed E-state index contributed by atoms with van der Waals surface area (Å²) >= 11 is 1.36. The van der Waals surface area contributed by atoms with Crippen molar-refractivity contribution in [3.05, 3.63) is 95.6 Å². The minimum Gasteiger partial charge on any atom is -0.322 e. The standard InChI is InChI=1S/C22H16F2N2O2S/c23-15-11-9-14(10-12-15)21(28)25-18-7-3-1-5-16(18)22-26(20(27)13-29-22)19-8-4-2-6-17(19)24/h1-12,22H,13H2,(H,25,28)/t22-/m1/s1. The van der Waals surface area contributed by atoms with Gasteiger partial charge in [0.1, 0.15) is 17.0 Å². The van der Waals surface area contributed by atoms with E-state index < -0.39 is 22.9 Å². The molecule has 3 aromatic carbocycles. The molecule has 2 amide bonds. The predicted molar refractivity (Wildman–Crippen MR) is 110 cm³/mol. The van der Waals surface area contributed by atoms with E-state index in [2.05, 4.69) is 5.32 Å². The van der Waals surface area contributed by atoms with Crippen molar-refractivity contribution in [2.24, 2.45) is 0 Å². The van der Waals surface area contributed by atoms with Crippen molar-refractivity contribution in [3.8, 4) is 0 Å². The molecule has 1 N–H and O–H groups in total. The van der Waals surface area contributed by atoms with Crippen LogP contribution in [0.1, 0.15) is 21.3 Å². The second-order valence-corrected chi connectivity index (χ2v) is 7.50. The van der Waals surface area contributed by atoms with Crippen LogP contribution < -0.4 is 10.2 Å². The molecule has 1 fully saturated rings. The van der Waals surface area contributed by atoms with Crippen LogP contribution in [0.3, 0.4) is 0 Å². The Bertz CT molecular complexity index is 1070. The van der Waals surface area contributed by atoms with Crippen molar-refractivity contribution in [2.45, 2.75) is 5.37 Å². The lowest BCUT2D eigenvalue weighted by molar-refractivity contribution is -0.115. The zero-order valence-corrected chi connectivity index (χ0v) is 16.0. The van der Waals surface area contributed by atoms with Gasteiger partial charge in [0.15, 0.2) is 0 Å². The zero-order valence-electron chi connectivity index (χ0n) is 15.1. The van der Waals surface area contributed by atoms with E-state index >= 15 is 0 Å². The molecule has 0 aliphatic carbocycles. The van der Waals surface area contributed by atoms with Gasteiger partial charge in [-0.3, -0.25) is 14.5 Å². The summed E-state index contributed by atoms with van der Waals surface area (Å²) in [5.74, 6) is -1.31. The Morgan fingerprint density at radius 3 is 2.41 bits per heavy atom. The number of carbonyl (C=O) groups is 2. The molecule has 0 bridgehead atoms. The fourth-order valence-electron chi connectivity index (χ4n) is 3.18. The highest BCUT2D eigenvalue weighted by molar-refractivity contribution is 8.00. The number of thioether (sulfide) groups is 1. The Hall–Kier alpha value is -3.19. The number of hydrogen-bond donors (Lipinski definition) is 1. The SMILES string of the molecule is O=C(Nc1ccccc1[C@H]1SCC(=O)N1c1ccccc1F)c1ccc(F)cc1. The number of carbonyl (C=O) groups excluding carboxylic acids is 2. The van der Waals surface area contributed by atoms with Crippen LogP contribution in [0.4, 0.5) is 20.2 Å². The van der Waals surface area contributed by atoms with Gasteiger partial charge in [0.2, 0.25) is 5.91 Å². The van der Waals surface area contributed by atoms with Crippen LogP contribution in [0.5, 0.6) is 0 Å². The van der Waals surface area contributed by atoms with Crippen LogP contribution in [-0.4, -0.2) is 17.6 Å². The number of rotatable bonds is 4. The van der Waals surface area contributed by atoms with E-state index in [0.29, 0.717) is 16.8 Å². The molecular weight excluding hydrogens is 394 g/mol. The molecule has 146 valence electrons. The first-order chi connectivity index (χ1) is 14.0. The van der Waals surface area contributed by atoms with E-state index in [1.54, 1.807) is 42.5 Å². The minimum absolute atomic E-state index is 0.201. The summed E-state index contributed by atoms with van der Waals surface area (Å²) in [5, 5.41) is 2.34. The average molecular weight is 410 g/mol. The summed E-state index contributed by atoms with van der Waals surface area (Å²) in [6.07, 6.45) is 0. The zero-order chi connectivity index (χ0) is 20.4. The van der Waals surface area contributed by atoms with Crippen molar-refractivity contribution in [3.63, 3.8) is 0 Å². The topological polar surface area (TPSA) is 49.4 Å². The molecule has 4 rings (SSSR count). The maximum Gasteiger partial charge on any atom is 0.255 e. The van der Waals surface area contributed by atoms with Crippen LogP contribution in [-0.2, 0) is 4.79 Å². The van der Waals surface area contributed by atoms with Crippen molar-refractivity contribution < 1.29 is 18.4 Å². The number of amides is 2. The molecule has 29 heavy (non-hydrogen) atoms. The molecule has 1 aliphatic heterocycles. The average Bonchev–Trinajstić information content (AvgIpc) is 3.10. The fraction of sp³-hybridized carbons (Fsp3) is 0.0909. The van der Waals surface area contributed by atoms with Gasteiger partial charge in [-0.25, -0.2) is 8.78 Å². The van der Waals surface area contributed by atoms with Gasteiger partial charge in [-0.05, 0) is 42.5 Å². The second-order valence-electron chi connectivity index (χ2n) is 6.43. The quantitative estimate of drug-likeness (QED) is 0.659. The Morgan fingerprint density at radius 2 is 1.66 bits per heavy atom. The minimum atomic E-state index is -0.485. The third-order valence-electron chi connectivity index (χ3n) is 4.56. The highest BCUT2D eigenvalue weighted by Gasteiger charge is 2.36. The first kappa shape index (κ1) is 19.1. The molecule has 0 unspecified atom stereocenters. The summed E-state index contributed by atoms with van der Waals surface area (Å²) in [6, 6.07) is 18.4. The molecule has 1 aliphatic rings. The molecule has 0 aromatic heterocycles. The Balaban J connectivity index is 1.67. The van der Waals surface area contributed by atoms with Gasteiger partial charge in [-0.15, -0.1) is 11.8 Å². The van der Waals surface area contributed by atoms with Crippen LogP contribution in [0.2, 0.25) is 0 Å². The number of para-hydroxylation sites is 2. The maximum atomic E-state index is 14.4. The van der Waals surface area contributed by atoms with Gasteiger partial charge in [-0.1, -0.05) is 30.3 Å². The summed E-state index contributed by atoms with van der Waals surface area (Å²) in [5.41, 5.74) is 1.70. The van der Waals surface area contributed by atoms with Gasteiger partial charge in [0, 0.05) is 16.8 Å². The second kappa shape index (κ2) is 8.05.